The van der Waals surface area contributed by atoms with Crippen molar-refractivity contribution in [2.24, 2.45) is 10.8 Å². The van der Waals surface area contributed by atoms with Crippen LogP contribution in [0.1, 0.15) is 54.4 Å². The average Bonchev–Trinajstić information content (AvgIpc) is 1.97. The summed E-state index contributed by atoms with van der Waals surface area (Å²) in [5.41, 5.74) is -0.0119. The van der Waals surface area contributed by atoms with Crippen LogP contribution in [0, 0.1) is 10.8 Å². The van der Waals surface area contributed by atoms with Gasteiger partial charge in [0.2, 0.25) is 5.91 Å². The molecule has 0 spiro atoms. The summed E-state index contributed by atoms with van der Waals surface area (Å²) < 4.78 is 0. The van der Waals surface area contributed by atoms with Gasteiger partial charge < -0.3 is 10.4 Å². The monoisotopic (exact) mass is 229 g/mol. The number of aliphatic hydroxyl groups excluding tert-OH is 1. The highest BCUT2D eigenvalue weighted by Gasteiger charge is 2.27. The van der Waals surface area contributed by atoms with Crippen LogP contribution < -0.4 is 5.32 Å². The summed E-state index contributed by atoms with van der Waals surface area (Å²) in [6.07, 6.45) is 1.13. The molecule has 2 N–H and O–H groups in total. The Morgan fingerprint density at radius 3 is 2.00 bits per heavy atom. The van der Waals surface area contributed by atoms with E-state index >= 15 is 0 Å². The molecule has 0 saturated carbocycles. The van der Waals surface area contributed by atoms with Gasteiger partial charge in [-0.25, -0.2) is 0 Å². The molecule has 0 fully saturated rings. The Bertz CT molecular complexity index is 223. The van der Waals surface area contributed by atoms with Crippen LogP contribution in [0.15, 0.2) is 0 Å². The van der Waals surface area contributed by atoms with Crippen molar-refractivity contribution in [2.45, 2.75) is 60.4 Å². The predicted octanol–water partition coefficient (Wildman–Crippen LogP) is 2.34. The third kappa shape index (κ3) is 6.83. The first-order chi connectivity index (χ1) is 7.06. The summed E-state index contributed by atoms with van der Waals surface area (Å²) in [6, 6.07) is 0.0346. The summed E-state index contributed by atoms with van der Waals surface area (Å²) in [5.74, 6) is 0.0703. The molecule has 3 heteroatoms. The fourth-order valence-electron chi connectivity index (χ4n) is 1.58. The lowest BCUT2D eigenvalue weighted by Gasteiger charge is -2.32. The highest BCUT2D eigenvalue weighted by Crippen LogP contribution is 2.23. The molecule has 96 valence electrons. The highest BCUT2D eigenvalue weighted by atomic mass is 16.3. The fourth-order valence-corrected chi connectivity index (χ4v) is 1.58. The van der Waals surface area contributed by atoms with Gasteiger partial charge in [-0.3, -0.25) is 4.79 Å². The zero-order valence-corrected chi connectivity index (χ0v) is 11.6. The maximum atomic E-state index is 11.8. The first-order valence-electron chi connectivity index (χ1n) is 5.96. The molecular weight excluding hydrogens is 202 g/mol. The molecule has 0 bridgehead atoms. The molecule has 0 rings (SSSR count). The molecule has 0 aromatic heterocycles. The van der Waals surface area contributed by atoms with Gasteiger partial charge >= 0.3 is 0 Å². The highest BCUT2D eigenvalue weighted by molar-refractivity contribution is 5.76. The van der Waals surface area contributed by atoms with Crippen LogP contribution >= 0.6 is 0 Å². The van der Waals surface area contributed by atoms with E-state index in [1.807, 2.05) is 20.8 Å². The summed E-state index contributed by atoms with van der Waals surface area (Å²) in [5, 5.41) is 12.0. The number of hydrogen-bond acceptors (Lipinski definition) is 2. The largest absolute Gasteiger partial charge is 0.396 e. The van der Waals surface area contributed by atoms with Crippen molar-refractivity contribution in [2.75, 3.05) is 6.61 Å². The second-order valence-electron chi connectivity index (χ2n) is 6.74. The molecule has 1 amide bonds. The van der Waals surface area contributed by atoms with Crippen molar-refractivity contribution < 1.29 is 9.90 Å². The van der Waals surface area contributed by atoms with E-state index in [0.717, 1.165) is 0 Å². The van der Waals surface area contributed by atoms with E-state index in [0.29, 0.717) is 12.8 Å². The van der Waals surface area contributed by atoms with Crippen LogP contribution in [-0.4, -0.2) is 23.7 Å². The quantitative estimate of drug-likeness (QED) is 0.777. The molecule has 3 nitrogen and oxygen atoms in total. The standard InChI is InChI=1S/C13H27NO2/c1-12(2,3)9-11(16)14-10(7-8-15)13(4,5)6/h10,15H,7-9H2,1-6H3,(H,14,16). The molecule has 0 aromatic rings. The Kier molecular flexibility index (Phi) is 5.47. The van der Waals surface area contributed by atoms with Crippen molar-refractivity contribution in [3.05, 3.63) is 0 Å². The molecule has 0 aromatic carbocycles. The zero-order valence-electron chi connectivity index (χ0n) is 11.6. The van der Waals surface area contributed by atoms with E-state index < -0.39 is 0 Å². The maximum Gasteiger partial charge on any atom is 0.220 e. The van der Waals surface area contributed by atoms with Gasteiger partial charge in [0.05, 0.1) is 0 Å². The van der Waals surface area contributed by atoms with E-state index in [-0.39, 0.29) is 29.4 Å². The predicted molar refractivity (Wildman–Crippen MR) is 67.2 cm³/mol. The van der Waals surface area contributed by atoms with Gasteiger partial charge in [0.15, 0.2) is 0 Å². The van der Waals surface area contributed by atoms with Crippen molar-refractivity contribution in [1.29, 1.82) is 0 Å². The lowest BCUT2D eigenvalue weighted by atomic mass is 9.84. The summed E-state index contributed by atoms with van der Waals surface area (Å²) in [7, 11) is 0. The molecule has 0 aliphatic rings. The number of rotatable bonds is 4. The van der Waals surface area contributed by atoms with E-state index in [2.05, 4.69) is 26.1 Å². The number of aliphatic hydroxyl groups is 1. The van der Waals surface area contributed by atoms with Gasteiger partial charge in [-0.15, -0.1) is 0 Å². The van der Waals surface area contributed by atoms with Crippen LogP contribution in [0.4, 0.5) is 0 Å². The molecule has 0 radical (unpaired) electrons. The molecule has 0 aliphatic carbocycles. The van der Waals surface area contributed by atoms with Crippen LogP contribution in [0.5, 0.6) is 0 Å². The van der Waals surface area contributed by atoms with Crippen LogP contribution in [0.2, 0.25) is 0 Å². The number of nitrogens with one attached hydrogen (secondary N) is 1. The zero-order chi connectivity index (χ0) is 13.0. The Labute approximate surface area is 99.6 Å². The minimum absolute atomic E-state index is 0.00569. The minimum atomic E-state index is -0.0176. The van der Waals surface area contributed by atoms with Gasteiger partial charge in [-0.1, -0.05) is 41.5 Å². The molecule has 0 aliphatic heterocycles. The molecule has 1 atom stereocenters. The van der Waals surface area contributed by atoms with Crippen molar-refractivity contribution in [1.82, 2.24) is 5.32 Å². The third-order valence-electron chi connectivity index (χ3n) is 2.49. The van der Waals surface area contributed by atoms with E-state index in [1.165, 1.54) is 0 Å². The average molecular weight is 229 g/mol. The molecule has 0 saturated heterocycles. The van der Waals surface area contributed by atoms with Crippen molar-refractivity contribution >= 4 is 5.91 Å². The molecule has 0 heterocycles. The van der Waals surface area contributed by atoms with Crippen molar-refractivity contribution in [3.8, 4) is 0 Å². The van der Waals surface area contributed by atoms with E-state index in [9.17, 15) is 4.79 Å². The van der Waals surface area contributed by atoms with Gasteiger partial charge in [-0.05, 0) is 17.3 Å². The topological polar surface area (TPSA) is 49.3 Å². The van der Waals surface area contributed by atoms with Crippen LogP contribution in [0.25, 0.3) is 0 Å². The first kappa shape index (κ1) is 15.4. The second kappa shape index (κ2) is 5.67. The van der Waals surface area contributed by atoms with Gasteiger partial charge in [-0.2, -0.15) is 0 Å². The Morgan fingerprint density at radius 1 is 1.19 bits per heavy atom. The third-order valence-corrected chi connectivity index (χ3v) is 2.49. The molecular formula is C13H27NO2. The van der Waals surface area contributed by atoms with E-state index in [4.69, 9.17) is 5.11 Å². The summed E-state index contributed by atoms with van der Waals surface area (Å²) in [6.45, 7) is 12.5. The summed E-state index contributed by atoms with van der Waals surface area (Å²) in [4.78, 5) is 11.8. The number of amides is 1. The number of hydrogen-bond donors (Lipinski definition) is 2. The normalized spacial score (nSPS) is 14.7. The first-order valence-corrected chi connectivity index (χ1v) is 5.96. The lowest BCUT2D eigenvalue weighted by molar-refractivity contribution is -0.124. The Morgan fingerprint density at radius 2 is 1.69 bits per heavy atom. The smallest absolute Gasteiger partial charge is 0.220 e. The number of carbonyl (C=O) groups is 1. The lowest BCUT2D eigenvalue weighted by Crippen LogP contribution is -2.45. The minimum Gasteiger partial charge on any atom is -0.396 e. The maximum absolute atomic E-state index is 11.8. The Balaban J connectivity index is 4.36. The molecule has 16 heavy (non-hydrogen) atoms. The molecule has 1 unspecified atom stereocenters. The van der Waals surface area contributed by atoms with Crippen LogP contribution in [-0.2, 0) is 4.79 Å². The van der Waals surface area contributed by atoms with E-state index in [1.54, 1.807) is 0 Å². The Hall–Kier alpha value is -0.570. The van der Waals surface area contributed by atoms with Crippen LogP contribution in [0.3, 0.4) is 0 Å². The fraction of sp³-hybridized carbons (Fsp3) is 0.923. The van der Waals surface area contributed by atoms with Gasteiger partial charge in [0, 0.05) is 19.1 Å². The summed E-state index contributed by atoms with van der Waals surface area (Å²) >= 11 is 0. The van der Waals surface area contributed by atoms with Gasteiger partial charge in [0.25, 0.3) is 0 Å². The number of carbonyl (C=O) groups excluding carboxylic acids is 1. The van der Waals surface area contributed by atoms with Gasteiger partial charge in [0.1, 0.15) is 0 Å². The SMILES string of the molecule is CC(C)(C)CC(=O)NC(CCO)C(C)(C)C. The van der Waals surface area contributed by atoms with Crippen molar-refractivity contribution in [3.63, 3.8) is 0 Å². The second-order valence-corrected chi connectivity index (χ2v) is 6.74.